The number of amides is 1. The number of halogens is 3. The van der Waals surface area contributed by atoms with Gasteiger partial charge in [0.25, 0.3) is 5.91 Å². The second-order valence-corrected chi connectivity index (χ2v) is 8.20. The lowest BCUT2D eigenvalue weighted by atomic mass is 9.86. The van der Waals surface area contributed by atoms with E-state index in [0.717, 1.165) is 51.2 Å². The first-order valence-electron chi connectivity index (χ1n) is 10.3. The van der Waals surface area contributed by atoms with E-state index in [9.17, 15) is 18.0 Å². The summed E-state index contributed by atoms with van der Waals surface area (Å²) in [4.78, 5) is 17.3. The Hall–Kier alpha value is -2.54. The summed E-state index contributed by atoms with van der Waals surface area (Å²) in [5, 5.41) is 2.96. The zero-order chi connectivity index (χ0) is 21.3. The lowest BCUT2D eigenvalue weighted by molar-refractivity contribution is -0.137. The number of anilines is 1. The Morgan fingerprint density at radius 1 is 1.07 bits per heavy atom. The molecule has 1 heterocycles. The van der Waals surface area contributed by atoms with Crippen LogP contribution in [-0.4, -0.2) is 50.1 Å². The number of rotatable bonds is 3. The van der Waals surface area contributed by atoms with Crippen molar-refractivity contribution in [3.63, 3.8) is 0 Å². The van der Waals surface area contributed by atoms with Gasteiger partial charge in [0.1, 0.15) is 0 Å². The summed E-state index contributed by atoms with van der Waals surface area (Å²) in [5.74, 6) is -0.452. The molecule has 4 nitrogen and oxygen atoms in total. The number of nitrogens with zero attached hydrogens (tertiary/aromatic N) is 2. The van der Waals surface area contributed by atoms with Crippen LogP contribution < -0.4 is 10.2 Å². The summed E-state index contributed by atoms with van der Waals surface area (Å²) in [5.41, 5.74) is 3.02. The number of piperazine rings is 1. The molecule has 1 atom stereocenters. The molecule has 0 bridgehead atoms. The van der Waals surface area contributed by atoms with Crippen molar-refractivity contribution >= 4 is 11.6 Å². The summed E-state index contributed by atoms with van der Waals surface area (Å²) in [6.45, 7) is 3.96. The third-order valence-electron chi connectivity index (χ3n) is 6.09. The van der Waals surface area contributed by atoms with Gasteiger partial charge < -0.3 is 15.1 Å². The molecule has 1 fully saturated rings. The molecule has 0 unspecified atom stereocenters. The molecule has 0 radical (unpaired) electrons. The van der Waals surface area contributed by atoms with Crippen LogP contribution >= 0.6 is 0 Å². The monoisotopic (exact) mass is 417 g/mol. The maximum absolute atomic E-state index is 13.0. The molecule has 7 heteroatoms. The number of fused-ring (bicyclic) bond motifs is 1. The summed E-state index contributed by atoms with van der Waals surface area (Å²) < 4.78 is 38.9. The van der Waals surface area contributed by atoms with Gasteiger partial charge in [-0.2, -0.15) is 13.2 Å². The van der Waals surface area contributed by atoms with Crippen LogP contribution in [0.5, 0.6) is 0 Å². The second-order valence-electron chi connectivity index (χ2n) is 8.20. The van der Waals surface area contributed by atoms with E-state index in [1.165, 1.54) is 28.9 Å². The van der Waals surface area contributed by atoms with Gasteiger partial charge in [0.15, 0.2) is 0 Å². The van der Waals surface area contributed by atoms with Crippen LogP contribution in [0.4, 0.5) is 18.9 Å². The smallest absolute Gasteiger partial charge is 0.369 e. The van der Waals surface area contributed by atoms with Crippen LogP contribution in [0.3, 0.4) is 0 Å². The molecule has 0 aromatic heterocycles. The maximum Gasteiger partial charge on any atom is 0.416 e. The minimum absolute atomic E-state index is 0.0444. The SMILES string of the molecule is CN1CCN(c2cccc3c2C[C@H](NC(=O)c2cccc(C(F)(F)F)c2)CC3)CC1. The number of aryl methyl sites for hydroxylation is 1. The Bertz CT molecular complexity index is 920. The van der Waals surface area contributed by atoms with E-state index in [1.807, 2.05) is 0 Å². The number of carbonyl (C=O) groups excluding carboxylic acids is 1. The van der Waals surface area contributed by atoms with Crippen molar-refractivity contribution in [2.45, 2.75) is 31.5 Å². The van der Waals surface area contributed by atoms with Gasteiger partial charge in [-0.3, -0.25) is 4.79 Å². The topological polar surface area (TPSA) is 35.6 Å². The van der Waals surface area contributed by atoms with Crippen molar-refractivity contribution < 1.29 is 18.0 Å². The molecule has 30 heavy (non-hydrogen) atoms. The number of likely N-dealkylation sites (N-methyl/N-ethyl adjacent to an activating group) is 1. The Morgan fingerprint density at radius 2 is 1.80 bits per heavy atom. The van der Waals surface area contributed by atoms with Gasteiger partial charge in [0, 0.05) is 43.5 Å². The molecule has 2 aliphatic rings. The van der Waals surface area contributed by atoms with Crippen LogP contribution in [0.25, 0.3) is 0 Å². The van der Waals surface area contributed by atoms with Crippen molar-refractivity contribution in [3.05, 3.63) is 64.7 Å². The highest BCUT2D eigenvalue weighted by Gasteiger charge is 2.31. The molecular formula is C23H26F3N3O. The predicted octanol–water partition coefficient (Wildman–Crippen LogP) is 3.74. The van der Waals surface area contributed by atoms with E-state index < -0.39 is 17.6 Å². The highest BCUT2D eigenvalue weighted by molar-refractivity contribution is 5.94. The molecule has 1 amide bonds. The van der Waals surface area contributed by atoms with Gasteiger partial charge in [-0.1, -0.05) is 18.2 Å². The van der Waals surface area contributed by atoms with Crippen molar-refractivity contribution in [3.8, 4) is 0 Å². The first kappa shape index (κ1) is 20.7. The van der Waals surface area contributed by atoms with Crippen molar-refractivity contribution in [1.29, 1.82) is 0 Å². The zero-order valence-electron chi connectivity index (χ0n) is 17.0. The van der Waals surface area contributed by atoms with Crippen LogP contribution in [0, 0.1) is 0 Å². The number of carbonyl (C=O) groups is 1. The first-order valence-corrected chi connectivity index (χ1v) is 10.3. The number of hydrogen-bond donors (Lipinski definition) is 1. The summed E-state index contributed by atoms with van der Waals surface area (Å²) in [6.07, 6.45) is -2.13. The van der Waals surface area contributed by atoms with Crippen molar-refractivity contribution in [2.24, 2.45) is 0 Å². The lowest BCUT2D eigenvalue weighted by Crippen LogP contribution is -2.45. The zero-order valence-corrected chi connectivity index (χ0v) is 17.0. The highest BCUT2D eigenvalue weighted by Crippen LogP contribution is 2.32. The molecule has 1 aliphatic carbocycles. The third-order valence-corrected chi connectivity index (χ3v) is 6.09. The minimum Gasteiger partial charge on any atom is -0.369 e. The molecule has 1 saturated heterocycles. The van der Waals surface area contributed by atoms with Crippen LogP contribution in [0.1, 0.15) is 33.5 Å². The van der Waals surface area contributed by atoms with Gasteiger partial charge in [-0.05, 0) is 61.7 Å². The molecule has 1 N–H and O–H groups in total. The predicted molar refractivity (Wildman–Crippen MR) is 111 cm³/mol. The maximum atomic E-state index is 13.0. The molecule has 1 aliphatic heterocycles. The van der Waals surface area contributed by atoms with Crippen LogP contribution in [-0.2, 0) is 19.0 Å². The largest absolute Gasteiger partial charge is 0.416 e. The van der Waals surface area contributed by atoms with Gasteiger partial charge >= 0.3 is 6.18 Å². The molecule has 160 valence electrons. The highest BCUT2D eigenvalue weighted by atomic mass is 19.4. The standard InChI is InChI=1S/C23H26F3N3O/c1-28-10-12-29(13-11-28)21-7-3-4-16-8-9-19(15-20(16)21)27-22(30)17-5-2-6-18(14-17)23(24,25)26/h2-7,14,19H,8-13,15H2,1H3,(H,27,30)/t19-/m1/s1. The number of alkyl halides is 3. The van der Waals surface area contributed by atoms with Gasteiger partial charge in [-0.25, -0.2) is 0 Å². The average molecular weight is 417 g/mol. The van der Waals surface area contributed by atoms with Crippen LogP contribution in [0.15, 0.2) is 42.5 Å². The lowest BCUT2D eigenvalue weighted by Gasteiger charge is -2.37. The molecule has 4 rings (SSSR count). The van der Waals surface area contributed by atoms with Crippen LogP contribution in [0.2, 0.25) is 0 Å². The third kappa shape index (κ3) is 4.46. The second kappa shape index (κ2) is 8.30. The molecule has 2 aromatic rings. The minimum atomic E-state index is -4.46. The number of hydrogen-bond acceptors (Lipinski definition) is 3. The average Bonchev–Trinajstić information content (AvgIpc) is 2.73. The number of benzene rings is 2. The normalized spacial score (nSPS) is 20.0. The molecule has 0 spiro atoms. The fourth-order valence-electron chi connectivity index (χ4n) is 4.34. The van der Waals surface area contributed by atoms with Crippen molar-refractivity contribution in [1.82, 2.24) is 10.2 Å². The van der Waals surface area contributed by atoms with E-state index in [0.29, 0.717) is 6.42 Å². The van der Waals surface area contributed by atoms with Crippen molar-refractivity contribution in [2.75, 3.05) is 38.1 Å². The Balaban J connectivity index is 1.49. The first-order chi connectivity index (χ1) is 14.3. The Morgan fingerprint density at radius 3 is 2.53 bits per heavy atom. The summed E-state index contributed by atoms with van der Waals surface area (Å²) >= 11 is 0. The fourth-order valence-corrected chi connectivity index (χ4v) is 4.34. The molecule has 2 aromatic carbocycles. The quantitative estimate of drug-likeness (QED) is 0.827. The molecule has 0 saturated carbocycles. The molecular weight excluding hydrogens is 391 g/mol. The fraction of sp³-hybridized carbons (Fsp3) is 0.435. The van der Waals surface area contributed by atoms with Gasteiger partial charge in [0.2, 0.25) is 0 Å². The van der Waals surface area contributed by atoms with E-state index >= 15 is 0 Å². The summed E-state index contributed by atoms with van der Waals surface area (Å²) in [7, 11) is 2.12. The van der Waals surface area contributed by atoms with E-state index in [4.69, 9.17) is 0 Å². The van der Waals surface area contributed by atoms with Gasteiger partial charge in [0.05, 0.1) is 5.56 Å². The van der Waals surface area contributed by atoms with E-state index in [1.54, 1.807) is 0 Å². The van der Waals surface area contributed by atoms with Gasteiger partial charge in [-0.15, -0.1) is 0 Å². The van der Waals surface area contributed by atoms with E-state index in [2.05, 4.69) is 40.4 Å². The Kier molecular flexibility index (Phi) is 5.73. The number of nitrogens with one attached hydrogen (secondary N) is 1. The summed E-state index contributed by atoms with van der Waals surface area (Å²) in [6, 6.07) is 10.9. The Labute approximate surface area is 174 Å². The van der Waals surface area contributed by atoms with E-state index in [-0.39, 0.29) is 11.6 Å².